The molecular formula is C19H19NO2S2. The van der Waals surface area contributed by atoms with Crippen molar-refractivity contribution < 1.29 is 8.42 Å². The third kappa shape index (κ3) is 4.19. The van der Waals surface area contributed by atoms with Crippen molar-refractivity contribution in [2.75, 3.05) is 11.0 Å². The van der Waals surface area contributed by atoms with Crippen molar-refractivity contribution in [1.82, 2.24) is 0 Å². The van der Waals surface area contributed by atoms with Crippen molar-refractivity contribution in [1.29, 1.82) is 0 Å². The van der Waals surface area contributed by atoms with Crippen molar-refractivity contribution >= 4 is 26.6 Å². The second-order valence-electron chi connectivity index (χ2n) is 5.43. The van der Waals surface area contributed by atoms with Crippen LogP contribution in [0.3, 0.4) is 0 Å². The minimum atomic E-state index is -3.26. The van der Waals surface area contributed by atoms with Gasteiger partial charge in [0.1, 0.15) is 0 Å². The molecule has 5 heteroatoms. The molecule has 0 radical (unpaired) electrons. The van der Waals surface area contributed by atoms with Crippen LogP contribution in [0.4, 0.5) is 5.69 Å². The largest absolute Gasteiger partial charge is 0.284 e. The third-order valence-corrected chi connectivity index (χ3v) is 6.51. The van der Waals surface area contributed by atoms with Crippen LogP contribution in [0.2, 0.25) is 0 Å². The van der Waals surface area contributed by atoms with Gasteiger partial charge in [0.25, 0.3) is 0 Å². The average molecular weight is 358 g/mol. The highest BCUT2D eigenvalue weighted by atomic mass is 32.2. The molecule has 0 bridgehead atoms. The van der Waals surface area contributed by atoms with Gasteiger partial charge in [0, 0.05) is 5.69 Å². The number of rotatable bonds is 5. The molecule has 0 heterocycles. The van der Waals surface area contributed by atoms with E-state index in [-0.39, 0.29) is 0 Å². The van der Waals surface area contributed by atoms with Gasteiger partial charge in [-0.15, -0.1) is 0 Å². The molecule has 0 atom stereocenters. The summed E-state index contributed by atoms with van der Waals surface area (Å²) in [7, 11) is -3.93. The summed E-state index contributed by atoms with van der Waals surface area (Å²) in [6.45, 7) is 0. The van der Waals surface area contributed by atoms with Crippen LogP contribution in [0.1, 0.15) is 0 Å². The maximum Gasteiger partial charge on any atom is 0.229 e. The lowest BCUT2D eigenvalue weighted by molar-refractivity contribution is 0.607. The molecule has 0 saturated carbocycles. The Morgan fingerprint density at radius 3 is 1.50 bits per heavy atom. The summed E-state index contributed by atoms with van der Waals surface area (Å²) in [6.07, 6.45) is 1.15. The summed E-state index contributed by atoms with van der Waals surface area (Å²) in [4.78, 5) is 3.71. The highest BCUT2D eigenvalue weighted by Crippen LogP contribution is 2.51. The molecule has 1 N–H and O–H groups in total. The van der Waals surface area contributed by atoms with Gasteiger partial charge in [-0.3, -0.25) is 4.72 Å². The van der Waals surface area contributed by atoms with Crippen LogP contribution < -0.4 is 4.72 Å². The molecule has 0 amide bonds. The van der Waals surface area contributed by atoms with Gasteiger partial charge in [0.05, 0.1) is 6.26 Å². The molecule has 124 valence electrons. The quantitative estimate of drug-likeness (QED) is 0.659. The van der Waals surface area contributed by atoms with Crippen LogP contribution in [0.5, 0.6) is 0 Å². The van der Waals surface area contributed by atoms with Crippen molar-refractivity contribution in [3.05, 3.63) is 84.9 Å². The Kier molecular flexibility index (Phi) is 4.92. The SMILES string of the molecule is CS(=O)(=O)Nc1ccc([SH](c2ccccc2)c2ccccc2)cc1. The van der Waals surface area contributed by atoms with Gasteiger partial charge in [0.15, 0.2) is 0 Å². The zero-order chi connectivity index (χ0) is 17.0. The monoisotopic (exact) mass is 357 g/mol. The molecular weight excluding hydrogens is 338 g/mol. The molecule has 0 fully saturated rings. The van der Waals surface area contributed by atoms with E-state index < -0.39 is 20.9 Å². The summed E-state index contributed by atoms with van der Waals surface area (Å²) in [6, 6.07) is 28.4. The Morgan fingerprint density at radius 1 is 0.667 bits per heavy atom. The highest BCUT2D eigenvalue weighted by Gasteiger charge is 2.12. The molecule has 0 aliphatic carbocycles. The van der Waals surface area contributed by atoms with Crippen LogP contribution in [0.15, 0.2) is 99.6 Å². The van der Waals surface area contributed by atoms with E-state index in [2.05, 4.69) is 29.0 Å². The topological polar surface area (TPSA) is 46.2 Å². The van der Waals surface area contributed by atoms with E-state index in [1.165, 1.54) is 14.7 Å². The summed E-state index contributed by atoms with van der Waals surface area (Å²) >= 11 is 0. The molecule has 0 spiro atoms. The fraction of sp³-hybridized carbons (Fsp3) is 0.0526. The fourth-order valence-electron chi connectivity index (χ4n) is 2.49. The van der Waals surface area contributed by atoms with Gasteiger partial charge in [-0.05, 0) is 63.2 Å². The van der Waals surface area contributed by atoms with Crippen LogP contribution in [-0.2, 0) is 10.0 Å². The Bertz CT molecular complexity index is 854. The van der Waals surface area contributed by atoms with Crippen LogP contribution in [0, 0.1) is 0 Å². The van der Waals surface area contributed by atoms with Crippen LogP contribution in [0.25, 0.3) is 0 Å². The van der Waals surface area contributed by atoms with E-state index in [9.17, 15) is 8.42 Å². The highest BCUT2D eigenvalue weighted by molar-refractivity contribution is 8.17. The molecule has 0 unspecified atom stereocenters. The lowest BCUT2D eigenvalue weighted by Crippen LogP contribution is -2.09. The zero-order valence-corrected chi connectivity index (χ0v) is 15.0. The van der Waals surface area contributed by atoms with E-state index in [0.29, 0.717) is 5.69 Å². The Labute approximate surface area is 145 Å². The number of benzene rings is 3. The second-order valence-corrected chi connectivity index (χ2v) is 9.40. The summed E-state index contributed by atoms with van der Waals surface area (Å²) in [5.74, 6) is 0. The smallest absolute Gasteiger partial charge is 0.229 e. The van der Waals surface area contributed by atoms with Crippen molar-refractivity contribution in [3.63, 3.8) is 0 Å². The Hall–Kier alpha value is -2.24. The number of thiol groups is 1. The number of anilines is 1. The van der Waals surface area contributed by atoms with Crippen molar-refractivity contribution in [3.8, 4) is 0 Å². The zero-order valence-electron chi connectivity index (χ0n) is 13.3. The van der Waals surface area contributed by atoms with Gasteiger partial charge in [0.2, 0.25) is 10.0 Å². The predicted molar refractivity (Wildman–Crippen MR) is 102 cm³/mol. The van der Waals surface area contributed by atoms with Crippen molar-refractivity contribution in [2.45, 2.75) is 14.7 Å². The lowest BCUT2D eigenvalue weighted by atomic mass is 10.3. The Morgan fingerprint density at radius 2 is 1.08 bits per heavy atom. The van der Waals surface area contributed by atoms with Gasteiger partial charge in [-0.2, -0.15) is 10.9 Å². The first-order chi connectivity index (χ1) is 11.5. The lowest BCUT2D eigenvalue weighted by Gasteiger charge is -2.23. The normalized spacial score (nSPS) is 11.8. The van der Waals surface area contributed by atoms with E-state index in [1.54, 1.807) is 0 Å². The standard InChI is InChI=1S/C19H19NO2S2/c1-24(21,22)20-16-12-14-19(15-13-16)23(17-8-4-2-5-9-17)18-10-6-3-7-11-18/h2-15,20,23H,1H3. The van der Waals surface area contributed by atoms with Gasteiger partial charge in [-0.25, -0.2) is 8.42 Å². The molecule has 24 heavy (non-hydrogen) atoms. The van der Waals surface area contributed by atoms with Crippen molar-refractivity contribution in [2.24, 2.45) is 0 Å². The molecule has 0 aromatic heterocycles. The summed E-state index contributed by atoms with van der Waals surface area (Å²) in [5, 5.41) is 0. The van der Waals surface area contributed by atoms with Gasteiger partial charge < -0.3 is 0 Å². The van der Waals surface area contributed by atoms with E-state index in [0.717, 1.165) is 6.26 Å². The van der Waals surface area contributed by atoms with Crippen LogP contribution >= 0.6 is 10.9 Å². The first kappa shape index (κ1) is 16.6. The van der Waals surface area contributed by atoms with E-state index in [1.807, 2.05) is 60.7 Å². The minimum absolute atomic E-state index is 0.581. The molecule has 3 nitrogen and oxygen atoms in total. The summed E-state index contributed by atoms with van der Waals surface area (Å²) < 4.78 is 25.2. The predicted octanol–water partition coefficient (Wildman–Crippen LogP) is 4.54. The van der Waals surface area contributed by atoms with E-state index >= 15 is 0 Å². The average Bonchev–Trinajstić information content (AvgIpc) is 2.57. The first-order valence-corrected chi connectivity index (χ1v) is 10.7. The molecule has 0 saturated heterocycles. The van der Waals surface area contributed by atoms with Crippen LogP contribution in [-0.4, -0.2) is 14.7 Å². The van der Waals surface area contributed by atoms with Gasteiger partial charge >= 0.3 is 0 Å². The molecule has 0 aliphatic heterocycles. The third-order valence-electron chi connectivity index (χ3n) is 3.46. The Balaban J connectivity index is 2.00. The molecule has 3 rings (SSSR count). The summed E-state index contributed by atoms with van der Waals surface area (Å²) in [5.41, 5.74) is 0.581. The maximum atomic E-state index is 11.4. The number of hydrogen-bond donors (Lipinski definition) is 2. The number of hydrogen-bond acceptors (Lipinski definition) is 2. The molecule has 0 aliphatic rings. The first-order valence-electron chi connectivity index (χ1n) is 7.51. The number of nitrogens with one attached hydrogen (secondary N) is 1. The van der Waals surface area contributed by atoms with Gasteiger partial charge in [-0.1, -0.05) is 36.4 Å². The maximum absolute atomic E-state index is 11.4. The molecule has 3 aromatic rings. The second kappa shape index (κ2) is 7.11. The number of sulfonamides is 1. The molecule has 3 aromatic carbocycles. The van der Waals surface area contributed by atoms with E-state index in [4.69, 9.17) is 0 Å². The fourth-order valence-corrected chi connectivity index (χ4v) is 5.34. The minimum Gasteiger partial charge on any atom is -0.284 e.